The Morgan fingerprint density at radius 2 is 2.06 bits per heavy atom. The van der Waals surface area contributed by atoms with Crippen molar-refractivity contribution in [3.05, 3.63) is 71.3 Å². The number of thiazole rings is 1. The summed E-state index contributed by atoms with van der Waals surface area (Å²) < 4.78 is 3.00. The molecular formula is C23H23ClN4OS2. The quantitative estimate of drug-likeness (QED) is 0.283. The van der Waals surface area contributed by atoms with Gasteiger partial charge in [-0.05, 0) is 61.1 Å². The van der Waals surface area contributed by atoms with Crippen molar-refractivity contribution >= 4 is 56.0 Å². The number of imidazole rings is 1. The fraction of sp³-hybridized carbons (Fsp3) is 0.261. The van der Waals surface area contributed by atoms with E-state index in [9.17, 15) is 4.79 Å². The molecule has 2 aromatic heterocycles. The summed E-state index contributed by atoms with van der Waals surface area (Å²) in [4.78, 5) is 25.3. The maximum atomic E-state index is 13.5. The number of anilines is 1. The lowest BCUT2D eigenvalue weighted by molar-refractivity contribution is 0.0986. The zero-order valence-electron chi connectivity index (χ0n) is 17.4. The average Bonchev–Trinajstić information content (AvgIpc) is 3.41. The zero-order chi connectivity index (χ0) is 21.8. The molecule has 31 heavy (non-hydrogen) atoms. The summed E-state index contributed by atoms with van der Waals surface area (Å²) in [5, 5.41) is 1.38. The highest BCUT2D eigenvalue weighted by Crippen LogP contribution is 2.34. The van der Waals surface area contributed by atoms with Crippen molar-refractivity contribution in [2.24, 2.45) is 0 Å². The summed E-state index contributed by atoms with van der Waals surface area (Å²) in [5.74, 6) is 0.961. The number of thioether (sulfide) groups is 1. The van der Waals surface area contributed by atoms with Crippen molar-refractivity contribution in [3.63, 3.8) is 0 Å². The van der Waals surface area contributed by atoms with Crippen LogP contribution in [0.15, 0.2) is 60.0 Å². The SMILES string of the molecule is CCSc1ccc(C(=O)N(CCCn2ccnc2)c2nc3c(C)cc(Cl)cc3s2)cc1. The minimum absolute atomic E-state index is 0.0403. The van der Waals surface area contributed by atoms with E-state index in [1.165, 1.54) is 11.3 Å². The van der Waals surface area contributed by atoms with Gasteiger partial charge in [-0.3, -0.25) is 9.69 Å². The van der Waals surface area contributed by atoms with E-state index >= 15 is 0 Å². The van der Waals surface area contributed by atoms with Crippen molar-refractivity contribution in [2.45, 2.75) is 31.7 Å². The van der Waals surface area contributed by atoms with Crippen LogP contribution in [0.4, 0.5) is 5.13 Å². The number of amides is 1. The first-order valence-corrected chi connectivity index (χ1v) is 12.3. The van der Waals surface area contributed by atoms with Crippen LogP contribution < -0.4 is 4.90 Å². The molecule has 0 N–H and O–H groups in total. The predicted octanol–water partition coefficient (Wildman–Crippen LogP) is 6.30. The summed E-state index contributed by atoms with van der Waals surface area (Å²) in [6.07, 6.45) is 6.28. The summed E-state index contributed by atoms with van der Waals surface area (Å²) in [6, 6.07) is 11.6. The molecule has 1 amide bonds. The molecule has 0 bridgehead atoms. The molecule has 0 aliphatic heterocycles. The van der Waals surface area contributed by atoms with Crippen molar-refractivity contribution < 1.29 is 4.79 Å². The largest absolute Gasteiger partial charge is 0.337 e. The van der Waals surface area contributed by atoms with Crippen LogP contribution in [0.25, 0.3) is 10.2 Å². The van der Waals surface area contributed by atoms with Crippen molar-refractivity contribution in [2.75, 3.05) is 17.2 Å². The second-order valence-electron chi connectivity index (χ2n) is 7.13. The minimum atomic E-state index is -0.0403. The van der Waals surface area contributed by atoms with Crippen LogP contribution >= 0.6 is 34.7 Å². The maximum absolute atomic E-state index is 13.5. The fourth-order valence-corrected chi connectivity index (χ4v) is 5.50. The van der Waals surface area contributed by atoms with Crippen LogP contribution in [0.3, 0.4) is 0 Å². The smallest absolute Gasteiger partial charge is 0.260 e. The third-order valence-electron chi connectivity index (χ3n) is 4.88. The highest BCUT2D eigenvalue weighted by atomic mass is 35.5. The minimum Gasteiger partial charge on any atom is -0.337 e. The third-order valence-corrected chi connectivity index (χ3v) is 7.02. The molecule has 2 aromatic carbocycles. The van der Waals surface area contributed by atoms with Gasteiger partial charge in [0.1, 0.15) is 0 Å². The molecule has 4 rings (SSSR count). The lowest BCUT2D eigenvalue weighted by atomic mass is 10.2. The number of carbonyl (C=O) groups excluding carboxylic acids is 1. The fourth-order valence-electron chi connectivity index (χ4n) is 3.39. The molecule has 2 heterocycles. The van der Waals surface area contributed by atoms with E-state index in [-0.39, 0.29) is 5.91 Å². The molecule has 0 fully saturated rings. The van der Waals surface area contributed by atoms with Crippen molar-refractivity contribution in [1.82, 2.24) is 14.5 Å². The summed E-state index contributed by atoms with van der Waals surface area (Å²) in [5.41, 5.74) is 2.57. The summed E-state index contributed by atoms with van der Waals surface area (Å²) >= 11 is 9.50. The molecular weight excluding hydrogens is 448 g/mol. The molecule has 4 aromatic rings. The Morgan fingerprint density at radius 1 is 1.26 bits per heavy atom. The lowest BCUT2D eigenvalue weighted by Crippen LogP contribution is -2.32. The van der Waals surface area contributed by atoms with Crippen LogP contribution in [-0.4, -0.2) is 32.7 Å². The summed E-state index contributed by atoms with van der Waals surface area (Å²) in [6.45, 7) is 5.46. The first-order valence-electron chi connectivity index (χ1n) is 10.1. The average molecular weight is 471 g/mol. The predicted molar refractivity (Wildman–Crippen MR) is 131 cm³/mol. The van der Waals surface area contributed by atoms with Crippen LogP contribution in [0.2, 0.25) is 5.02 Å². The van der Waals surface area contributed by atoms with E-state index in [4.69, 9.17) is 16.6 Å². The Hall–Kier alpha value is -2.35. The second-order valence-corrected chi connectivity index (χ2v) is 9.92. The Balaban J connectivity index is 1.63. The molecule has 8 heteroatoms. The molecule has 0 aliphatic carbocycles. The molecule has 0 saturated heterocycles. The lowest BCUT2D eigenvalue weighted by Gasteiger charge is -2.20. The van der Waals surface area contributed by atoms with Crippen molar-refractivity contribution in [3.8, 4) is 0 Å². The van der Waals surface area contributed by atoms with E-state index in [0.29, 0.717) is 22.3 Å². The summed E-state index contributed by atoms with van der Waals surface area (Å²) in [7, 11) is 0. The van der Waals surface area contributed by atoms with Crippen molar-refractivity contribution in [1.29, 1.82) is 0 Å². The van der Waals surface area contributed by atoms with Crippen LogP contribution in [0, 0.1) is 6.92 Å². The number of hydrogen-bond donors (Lipinski definition) is 0. The molecule has 0 aliphatic rings. The number of nitrogens with zero attached hydrogens (tertiary/aromatic N) is 4. The Bertz CT molecular complexity index is 1170. The highest BCUT2D eigenvalue weighted by molar-refractivity contribution is 7.99. The standard InChI is InChI=1S/C23H23ClN4OS2/c1-3-30-19-7-5-17(6-8-19)22(29)28(11-4-10-27-12-9-25-15-27)23-26-21-16(2)13-18(24)14-20(21)31-23/h5-9,12-15H,3-4,10-11H2,1-2H3. The van der Waals surface area contributed by atoms with E-state index in [1.54, 1.807) is 29.2 Å². The van der Waals surface area contributed by atoms with Gasteiger partial charge >= 0.3 is 0 Å². The van der Waals surface area contributed by atoms with E-state index in [1.807, 2.05) is 54.1 Å². The molecule has 160 valence electrons. The number of hydrogen-bond acceptors (Lipinski definition) is 5. The van der Waals surface area contributed by atoms with E-state index in [2.05, 4.69) is 11.9 Å². The van der Waals surface area contributed by atoms with Gasteiger partial charge in [0.05, 0.1) is 16.5 Å². The van der Waals surface area contributed by atoms with Gasteiger partial charge in [-0.25, -0.2) is 9.97 Å². The molecule has 0 unspecified atom stereocenters. The first kappa shape index (κ1) is 21.9. The number of rotatable bonds is 8. The molecule has 0 radical (unpaired) electrons. The number of benzene rings is 2. The van der Waals surface area contributed by atoms with Gasteiger partial charge in [0.2, 0.25) is 0 Å². The topological polar surface area (TPSA) is 51.0 Å². The van der Waals surface area contributed by atoms with Crippen LogP contribution in [-0.2, 0) is 6.54 Å². The van der Waals surface area contributed by atoms with Gasteiger partial charge in [-0.1, -0.05) is 29.9 Å². The molecule has 5 nitrogen and oxygen atoms in total. The molecule has 0 atom stereocenters. The number of carbonyl (C=O) groups is 1. The number of halogens is 1. The zero-order valence-corrected chi connectivity index (χ0v) is 19.8. The maximum Gasteiger partial charge on any atom is 0.260 e. The van der Waals surface area contributed by atoms with Gasteiger partial charge < -0.3 is 4.57 Å². The third kappa shape index (κ3) is 5.11. The Kier molecular flexibility index (Phi) is 6.95. The van der Waals surface area contributed by atoms with Crippen LogP contribution in [0.1, 0.15) is 29.3 Å². The highest BCUT2D eigenvalue weighted by Gasteiger charge is 2.22. The van der Waals surface area contributed by atoms with Gasteiger partial charge in [0.25, 0.3) is 5.91 Å². The number of aromatic nitrogens is 3. The molecule has 0 spiro atoms. The number of aryl methyl sites for hydroxylation is 2. The van der Waals surface area contributed by atoms with Gasteiger partial charge in [-0.2, -0.15) is 0 Å². The van der Waals surface area contributed by atoms with Gasteiger partial charge in [-0.15, -0.1) is 11.8 Å². The van der Waals surface area contributed by atoms with Gasteiger partial charge in [0.15, 0.2) is 5.13 Å². The Morgan fingerprint density at radius 3 is 2.77 bits per heavy atom. The monoisotopic (exact) mass is 470 g/mol. The normalized spacial score (nSPS) is 11.2. The van der Waals surface area contributed by atoms with Gasteiger partial charge in [0, 0.05) is 41.0 Å². The van der Waals surface area contributed by atoms with E-state index < -0.39 is 0 Å². The first-order chi connectivity index (χ1) is 15.0. The van der Waals surface area contributed by atoms with Crippen LogP contribution in [0.5, 0.6) is 0 Å². The molecule has 0 saturated carbocycles. The number of fused-ring (bicyclic) bond motifs is 1. The second kappa shape index (κ2) is 9.85. The Labute approximate surface area is 195 Å². The van der Waals surface area contributed by atoms with E-state index in [0.717, 1.165) is 39.4 Å².